The van der Waals surface area contributed by atoms with E-state index in [9.17, 15) is 4.39 Å². The summed E-state index contributed by atoms with van der Waals surface area (Å²) in [5.41, 5.74) is 8.08. The Balaban J connectivity index is 2.24. The van der Waals surface area contributed by atoms with Crippen LogP contribution in [-0.2, 0) is 6.42 Å². The molecule has 0 spiro atoms. The van der Waals surface area contributed by atoms with Gasteiger partial charge in [0.2, 0.25) is 0 Å². The van der Waals surface area contributed by atoms with Crippen molar-refractivity contribution in [1.82, 2.24) is 0 Å². The van der Waals surface area contributed by atoms with Gasteiger partial charge in [-0.2, -0.15) is 0 Å². The number of hydrogen-bond acceptors (Lipinski definition) is 2. The highest BCUT2D eigenvalue weighted by Gasteiger charge is 2.16. The van der Waals surface area contributed by atoms with Gasteiger partial charge in [0, 0.05) is 6.04 Å². The van der Waals surface area contributed by atoms with Gasteiger partial charge in [0.25, 0.3) is 0 Å². The summed E-state index contributed by atoms with van der Waals surface area (Å²) >= 11 is 11.8. The van der Waals surface area contributed by atoms with Gasteiger partial charge in [-0.1, -0.05) is 12.1 Å². The summed E-state index contributed by atoms with van der Waals surface area (Å²) in [6.07, 6.45) is 0.583. The lowest BCUT2D eigenvalue weighted by atomic mass is 10.0. The van der Waals surface area contributed by atoms with Gasteiger partial charge >= 0.3 is 0 Å². The van der Waals surface area contributed by atoms with Crippen molar-refractivity contribution in [2.45, 2.75) is 12.5 Å². The minimum absolute atomic E-state index is 0.167. The molecule has 0 saturated carbocycles. The van der Waals surface area contributed by atoms with E-state index in [0.29, 0.717) is 10.9 Å². The van der Waals surface area contributed by atoms with Crippen LogP contribution in [0.25, 0.3) is 0 Å². The van der Waals surface area contributed by atoms with Gasteiger partial charge in [0.15, 0.2) is 0 Å². The van der Waals surface area contributed by atoms with Crippen LogP contribution < -0.4 is 5.73 Å². The van der Waals surface area contributed by atoms with Crippen molar-refractivity contribution in [3.8, 4) is 0 Å². The highest BCUT2D eigenvalue weighted by atomic mass is 79.9. The molecule has 0 aliphatic rings. The third-order valence-corrected chi connectivity index (χ3v) is 5.83. The fourth-order valence-electron chi connectivity index (χ4n) is 1.66. The summed E-state index contributed by atoms with van der Waals surface area (Å²) < 4.78 is 15.9. The van der Waals surface area contributed by atoms with Crippen LogP contribution in [-0.4, -0.2) is 0 Å². The minimum Gasteiger partial charge on any atom is -0.324 e. The van der Waals surface area contributed by atoms with Gasteiger partial charge in [-0.3, -0.25) is 0 Å². The van der Waals surface area contributed by atoms with Crippen LogP contribution in [0.15, 0.2) is 36.3 Å². The maximum absolute atomic E-state index is 13.4. The quantitative estimate of drug-likeness (QED) is 0.654. The molecular formula is C12H9Br3FNS. The predicted octanol–water partition coefficient (Wildman–Crippen LogP) is 5.42. The van der Waals surface area contributed by atoms with E-state index in [-0.39, 0.29) is 11.9 Å². The van der Waals surface area contributed by atoms with Crippen LogP contribution in [0.2, 0.25) is 0 Å². The molecule has 96 valence electrons. The Bertz CT molecular complexity index is 570. The van der Waals surface area contributed by atoms with E-state index >= 15 is 0 Å². The summed E-state index contributed by atoms with van der Waals surface area (Å²) in [7, 11) is 0. The van der Waals surface area contributed by atoms with Crippen LogP contribution in [0.3, 0.4) is 0 Å². The van der Waals surface area contributed by atoms with Crippen molar-refractivity contribution in [2.24, 2.45) is 5.73 Å². The van der Waals surface area contributed by atoms with E-state index in [1.807, 2.05) is 12.1 Å². The van der Waals surface area contributed by atoms with E-state index < -0.39 is 0 Å². The first-order chi connectivity index (χ1) is 8.49. The molecule has 0 aliphatic heterocycles. The Morgan fingerprint density at radius 3 is 2.61 bits per heavy atom. The molecule has 1 aromatic carbocycles. The number of halogens is 4. The van der Waals surface area contributed by atoms with Gasteiger partial charge in [0.05, 0.1) is 12.0 Å². The maximum atomic E-state index is 13.4. The van der Waals surface area contributed by atoms with E-state index in [0.717, 1.165) is 18.7 Å². The number of thiophene rings is 1. The molecule has 0 aliphatic carbocycles. The maximum Gasteiger partial charge on any atom is 0.137 e. The van der Waals surface area contributed by atoms with Crippen LogP contribution in [0.1, 0.15) is 17.2 Å². The summed E-state index contributed by atoms with van der Waals surface area (Å²) in [5, 5.41) is 0. The number of rotatable bonds is 3. The molecule has 1 heterocycles. The van der Waals surface area contributed by atoms with Gasteiger partial charge in [-0.15, -0.1) is 11.3 Å². The Kier molecular flexibility index (Phi) is 4.99. The normalized spacial score (nSPS) is 12.7. The number of hydrogen-bond donors (Lipinski definition) is 1. The predicted molar refractivity (Wildman–Crippen MR) is 84.5 cm³/mol. The average Bonchev–Trinajstić information content (AvgIpc) is 2.64. The van der Waals surface area contributed by atoms with Gasteiger partial charge < -0.3 is 5.73 Å². The third-order valence-electron chi connectivity index (χ3n) is 2.55. The molecule has 0 radical (unpaired) electrons. The lowest BCUT2D eigenvalue weighted by Crippen LogP contribution is -2.13. The van der Waals surface area contributed by atoms with Crippen molar-refractivity contribution in [1.29, 1.82) is 0 Å². The van der Waals surface area contributed by atoms with Crippen LogP contribution in [0.5, 0.6) is 0 Å². The molecule has 1 unspecified atom stereocenters. The summed E-state index contributed by atoms with van der Waals surface area (Å²) in [6.45, 7) is 0. The second-order valence-electron chi connectivity index (χ2n) is 3.80. The molecule has 0 bridgehead atoms. The van der Waals surface area contributed by atoms with E-state index in [1.165, 1.54) is 6.07 Å². The van der Waals surface area contributed by atoms with Gasteiger partial charge in [-0.05, 0) is 77.5 Å². The Morgan fingerprint density at radius 1 is 1.28 bits per heavy atom. The number of benzene rings is 1. The first-order valence-corrected chi connectivity index (χ1v) is 8.31. The Hall–Kier alpha value is 0.250. The minimum atomic E-state index is -0.259. The molecular weight excluding hydrogens is 449 g/mol. The molecule has 1 aromatic heterocycles. The Labute approximate surface area is 134 Å². The van der Waals surface area contributed by atoms with Crippen molar-refractivity contribution in [3.05, 3.63) is 53.3 Å². The van der Waals surface area contributed by atoms with Crippen LogP contribution in [0, 0.1) is 5.82 Å². The number of nitrogens with two attached hydrogens (primary N) is 1. The van der Waals surface area contributed by atoms with Gasteiger partial charge in [0.1, 0.15) is 5.82 Å². The molecule has 2 aromatic rings. The standard InChI is InChI=1S/C12H9Br3FNS/c13-10-5-7(12(15)18-10)9(17)4-6-2-1-3-8(16)11(6)14/h1-3,5,9H,4,17H2. The second kappa shape index (κ2) is 6.13. The fourth-order valence-corrected chi connectivity index (χ4v) is 5.09. The smallest absolute Gasteiger partial charge is 0.137 e. The van der Waals surface area contributed by atoms with Gasteiger partial charge in [-0.25, -0.2) is 4.39 Å². The topological polar surface area (TPSA) is 26.0 Å². The van der Waals surface area contributed by atoms with Crippen molar-refractivity contribution in [3.63, 3.8) is 0 Å². The second-order valence-corrected chi connectivity index (χ2v) is 8.35. The highest BCUT2D eigenvalue weighted by molar-refractivity contribution is 9.12. The molecule has 0 amide bonds. The third kappa shape index (κ3) is 3.22. The van der Waals surface area contributed by atoms with Crippen molar-refractivity contribution >= 4 is 59.1 Å². The monoisotopic (exact) mass is 455 g/mol. The van der Waals surface area contributed by atoms with E-state index in [4.69, 9.17) is 5.73 Å². The molecule has 6 heteroatoms. The lowest BCUT2D eigenvalue weighted by Gasteiger charge is -2.12. The molecule has 1 atom stereocenters. The van der Waals surface area contributed by atoms with Crippen molar-refractivity contribution < 1.29 is 4.39 Å². The molecule has 0 fully saturated rings. The molecule has 18 heavy (non-hydrogen) atoms. The molecule has 0 saturated heterocycles. The fraction of sp³-hybridized carbons (Fsp3) is 0.167. The SMILES string of the molecule is NC(Cc1cccc(F)c1Br)c1cc(Br)sc1Br. The van der Waals surface area contributed by atoms with Crippen LogP contribution in [0.4, 0.5) is 4.39 Å². The summed E-state index contributed by atoms with van der Waals surface area (Å²) in [6, 6.07) is 6.83. The first kappa shape index (κ1) is 14.7. The van der Waals surface area contributed by atoms with Crippen molar-refractivity contribution in [2.75, 3.05) is 0 Å². The lowest BCUT2D eigenvalue weighted by molar-refractivity contribution is 0.614. The summed E-state index contributed by atoms with van der Waals surface area (Å²) in [4.78, 5) is 0. The van der Waals surface area contributed by atoms with Crippen LogP contribution >= 0.6 is 59.1 Å². The average molecular weight is 458 g/mol. The summed E-state index contributed by atoms with van der Waals surface area (Å²) in [5.74, 6) is -0.259. The van der Waals surface area contributed by atoms with E-state index in [2.05, 4.69) is 47.8 Å². The highest BCUT2D eigenvalue weighted by Crippen LogP contribution is 2.36. The molecule has 2 rings (SSSR count). The van der Waals surface area contributed by atoms with E-state index in [1.54, 1.807) is 17.4 Å². The first-order valence-electron chi connectivity index (χ1n) is 5.12. The molecule has 2 N–H and O–H groups in total. The zero-order valence-electron chi connectivity index (χ0n) is 9.09. The Morgan fingerprint density at radius 2 is 2.00 bits per heavy atom. The zero-order valence-corrected chi connectivity index (χ0v) is 14.7. The largest absolute Gasteiger partial charge is 0.324 e. The molecule has 1 nitrogen and oxygen atoms in total. The zero-order chi connectivity index (χ0) is 13.3.